The fourth-order valence-electron chi connectivity index (χ4n) is 2.03. The molecule has 106 valence electrons. The van der Waals surface area contributed by atoms with Crippen molar-refractivity contribution in [2.24, 2.45) is 0 Å². The number of aromatic carboxylic acids is 1. The molecule has 1 heterocycles. The van der Waals surface area contributed by atoms with Gasteiger partial charge in [-0.1, -0.05) is 13.8 Å². The molecule has 0 aliphatic rings. The van der Waals surface area contributed by atoms with E-state index in [2.05, 4.69) is 15.5 Å². The molecule has 0 aliphatic carbocycles. The average Bonchev–Trinajstić information content (AvgIpc) is 2.37. The number of nitrogens with zero attached hydrogens (tertiary/aromatic N) is 2. The second-order valence-electron chi connectivity index (χ2n) is 4.36. The van der Waals surface area contributed by atoms with Crippen molar-refractivity contribution in [1.29, 1.82) is 0 Å². The first-order valence-corrected chi connectivity index (χ1v) is 7.81. The van der Waals surface area contributed by atoms with E-state index in [-0.39, 0.29) is 11.6 Å². The van der Waals surface area contributed by atoms with Crippen molar-refractivity contribution in [3.05, 3.63) is 16.8 Å². The summed E-state index contributed by atoms with van der Waals surface area (Å²) in [5, 5.41) is 20.8. The largest absolute Gasteiger partial charge is 0.478 e. The smallest absolute Gasteiger partial charge is 0.339 e. The number of carboxylic acid groups (broad SMARTS) is 1. The third-order valence-corrected chi connectivity index (χ3v) is 3.69. The Morgan fingerprint density at radius 3 is 2.53 bits per heavy atom. The summed E-state index contributed by atoms with van der Waals surface area (Å²) < 4.78 is 0. The molecular weight excluding hydrogens is 262 g/mol. The summed E-state index contributed by atoms with van der Waals surface area (Å²) in [6.45, 7) is 5.90. The van der Waals surface area contributed by atoms with Gasteiger partial charge in [-0.15, -0.1) is 5.10 Å². The van der Waals surface area contributed by atoms with Crippen LogP contribution in [0.2, 0.25) is 0 Å². The molecule has 0 saturated heterocycles. The molecule has 0 saturated carbocycles. The highest BCUT2D eigenvalue weighted by molar-refractivity contribution is 7.98. The van der Waals surface area contributed by atoms with Crippen molar-refractivity contribution in [1.82, 2.24) is 10.2 Å². The Hall–Kier alpha value is -1.30. The second kappa shape index (κ2) is 7.33. The van der Waals surface area contributed by atoms with Crippen LogP contribution in [0.1, 0.15) is 42.4 Å². The number of thioether (sulfide) groups is 1. The Morgan fingerprint density at radius 1 is 1.37 bits per heavy atom. The molecule has 0 spiro atoms. The van der Waals surface area contributed by atoms with E-state index in [4.69, 9.17) is 0 Å². The maximum atomic E-state index is 11.5. The summed E-state index contributed by atoms with van der Waals surface area (Å²) in [6.07, 6.45) is 3.35. The molecule has 2 N–H and O–H groups in total. The zero-order chi connectivity index (χ0) is 14.4. The Labute approximate surface area is 118 Å². The van der Waals surface area contributed by atoms with Crippen LogP contribution in [0.5, 0.6) is 0 Å². The van der Waals surface area contributed by atoms with Gasteiger partial charge in [-0.3, -0.25) is 0 Å². The van der Waals surface area contributed by atoms with E-state index in [1.807, 2.05) is 27.0 Å². The fraction of sp³-hybridized carbons (Fsp3) is 0.615. The van der Waals surface area contributed by atoms with Gasteiger partial charge in [0.1, 0.15) is 5.56 Å². The first-order chi connectivity index (χ1) is 9.04. The highest BCUT2D eigenvalue weighted by atomic mass is 32.2. The molecule has 0 fully saturated rings. The third kappa shape index (κ3) is 3.83. The number of aromatic nitrogens is 2. The number of rotatable bonds is 7. The second-order valence-corrected chi connectivity index (χ2v) is 5.27. The van der Waals surface area contributed by atoms with Gasteiger partial charge in [0.15, 0.2) is 5.82 Å². The predicted octanol–water partition coefficient (Wildman–Crippen LogP) is 2.46. The fourth-order valence-corrected chi connectivity index (χ4v) is 2.61. The van der Waals surface area contributed by atoms with Gasteiger partial charge in [0.2, 0.25) is 0 Å². The number of hydrogen-bond acceptors (Lipinski definition) is 5. The maximum absolute atomic E-state index is 11.5. The van der Waals surface area contributed by atoms with Crippen LogP contribution in [0.25, 0.3) is 0 Å². The number of hydrogen-bond donors (Lipinski definition) is 2. The summed E-state index contributed by atoms with van der Waals surface area (Å²) in [5.41, 5.74) is 1.81. The van der Waals surface area contributed by atoms with Crippen molar-refractivity contribution < 1.29 is 9.90 Å². The van der Waals surface area contributed by atoms with E-state index >= 15 is 0 Å². The van der Waals surface area contributed by atoms with Crippen LogP contribution in [0, 0.1) is 0 Å². The quantitative estimate of drug-likeness (QED) is 0.800. The lowest BCUT2D eigenvalue weighted by Crippen LogP contribution is -2.23. The Morgan fingerprint density at radius 2 is 2.05 bits per heavy atom. The zero-order valence-corrected chi connectivity index (χ0v) is 12.7. The van der Waals surface area contributed by atoms with Gasteiger partial charge < -0.3 is 10.4 Å². The normalized spacial score (nSPS) is 12.2. The molecule has 19 heavy (non-hydrogen) atoms. The van der Waals surface area contributed by atoms with Gasteiger partial charge in [-0.2, -0.15) is 16.9 Å². The minimum Gasteiger partial charge on any atom is -0.478 e. The van der Waals surface area contributed by atoms with Gasteiger partial charge >= 0.3 is 5.97 Å². The summed E-state index contributed by atoms with van der Waals surface area (Å²) in [6, 6.07) is 0.152. The van der Waals surface area contributed by atoms with E-state index in [0.717, 1.165) is 17.0 Å². The zero-order valence-electron chi connectivity index (χ0n) is 11.9. The molecule has 0 aliphatic heterocycles. The molecule has 1 unspecified atom stereocenters. The van der Waals surface area contributed by atoms with E-state index in [9.17, 15) is 9.90 Å². The molecule has 0 radical (unpaired) electrons. The van der Waals surface area contributed by atoms with Crippen molar-refractivity contribution >= 4 is 23.5 Å². The van der Waals surface area contributed by atoms with Crippen molar-refractivity contribution in [2.75, 3.05) is 17.3 Å². The minimum absolute atomic E-state index is 0.152. The van der Waals surface area contributed by atoms with E-state index in [1.165, 1.54) is 0 Å². The number of nitrogens with one attached hydrogen (secondary N) is 1. The summed E-state index contributed by atoms with van der Waals surface area (Å²) >= 11 is 1.70. The maximum Gasteiger partial charge on any atom is 0.339 e. The van der Waals surface area contributed by atoms with Gasteiger partial charge in [-0.25, -0.2) is 4.79 Å². The first-order valence-electron chi connectivity index (χ1n) is 6.42. The van der Waals surface area contributed by atoms with Crippen LogP contribution in [-0.2, 0) is 12.8 Å². The predicted molar refractivity (Wildman–Crippen MR) is 79.2 cm³/mol. The minimum atomic E-state index is -0.944. The van der Waals surface area contributed by atoms with Gasteiger partial charge in [0.05, 0.1) is 5.69 Å². The van der Waals surface area contributed by atoms with E-state index in [0.29, 0.717) is 18.7 Å². The first kappa shape index (κ1) is 15.8. The number of carbonyl (C=O) groups is 1. The summed E-state index contributed by atoms with van der Waals surface area (Å²) in [5.74, 6) is 0.320. The summed E-state index contributed by atoms with van der Waals surface area (Å²) in [7, 11) is 0. The molecule has 1 aromatic heterocycles. The molecule has 0 aromatic carbocycles. The average molecular weight is 283 g/mol. The lowest BCUT2D eigenvalue weighted by molar-refractivity contribution is 0.0696. The molecule has 6 heteroatoms. The molecule has 0 bridgehead atoms. The lowest BCUT2D eigenvalue weighted by atomic mass is 10.0. The van der Waals surface area contributed by atoms with E-state index in [1.54, 1.807) is 11.8 Å². The van der Waals surface area contributed by atoms with Gasteiger partial charge in [-0.05, 0) is 31.6 Å². The van der Waals surface area contributed by atoms with Crippen LogP contribution in [0.15, 0.2) is 0 Å². The molecule has 0 amide bonds. The van der Waals surface area contributed by atoms with Crippen molar-refractivity contribution in [2.45, 2.75) is 39.7 Å². The molecule has 1 atom stereocenters. The lowest BCUT2D eigenvalue weighted by Gasteiger charge is -2.17. The van der Waals surface area contributed by atoms with Gasteiger partial charge in [0, 0.05) is 11.8 Å². The molecule has 1 rings (SSSR count). The van der Waals surface area contributed by atoms with Gasteiger partial charge in [0.25, 0.3) is 0 Å². The van der Waals surface area contributed by atoms with Crippen LogP contribution in [0.3, 0.4) is 0 Å². The van der Waals surface area contributed by atoms with E-state index < -0.39 is 5.97 Å². The molecular formula is C13H21N3O2S. The third-order valence-electron chi connectivity index (χ3n) is 2.86. The Bertz CT molecular complexity index is 452. The molecule has 5 nitrogen and oxygen atoms in total. The van der Waals surface area contributed by atoms with Crippen LogP contribution < -0.4 is 5.32 Å². The number of carboxylic acids is 1. The van der Waals surface area contributed by atoms with Crippen molar-refractivity contribution in [3.63, 3.8) is 0 Å². The van der Waals surface area contributed by atoms with Crippen molar-refractivity contribution in [3.8, 4) is 0 Å². The highest BCUT2D eigenvalue weighted by Gasteiger charge is 2.21. The SMILES string of the molecule is CCc1nnc(NC(C)CSC)c(C(=O)O)c1CC. The highest BCUT2D eigenvalue weighted by Crippen LogP contribution is 2.21. The van der Waals surface area contributed by atoms with Crippen LogP contribution in [-0.4, -0.2) is 39.3 Å². The Kier molecular flexibility index (Phi) is 6.08. The monoisotopic (exact) mass is 283 g/mol. The standard InChI is InChI=1S/C13H21N3O2S/c1-5-9-10(6-2)15-16-12(11(9)13(17)18)14-8(3)7-19-4/h8H,5-7H2,1-4H3,(H,14,16)(H,17,18). The summed E-state index contributed by atoms with van der Waals surface area (Å²) in [4.78, 5) is 11.5. The number of aryl methyl sites for hydroxylation is 1. The topological polar surface area (TPSA) is 75.1 Å². The Balaban J connectivity index is 3.20. The van der Waals surface area contributed by atoms with Crippen LogP contribution in [0.4, 0.5) is 5.82 Å². The van der Waals surface area contributed by atoms with Crippen LogP contribution >= 0.6 is 11.8 Å². The number of anilines is 1. The molecule has 1 aromatic rings.